The maximum Gasteiger partial charge on any atom is 0.308 e. The molecule has 0 saturated heterocycles. The molecular weight excluding hydrogens is 268 g/mol. The second-order valence-corrected chi connectivity index (χ2v) is 3.87. The molecular formula is C13H15ClN2O3. The Bertz CT molecular complexity index is 527. The van der Waals surface area contributed by atoms with Crippen molar-refractivity contribution in [3.05, 3.63) is 17.7 Å². The van der Waals surface area contributed by atoms with Gasteiger partial charge in [0.15, 0.2) is 11.5 Å². The Balaban J connectivity index is 3.41. The van der Waals surface area contributed by atoms with Crippen LogP contribution in [0.4, 0.5) is 5.69 Å². The van der Waals surface area contributed by atoms with Crippen molar-refractivity contribution >= 4 is 35.1 Å². The zero-order valence-corrected chi connectivity index (χ0v) is 11.8. The molecule has 1 rings (SSSR count). The molecule has 19 heavy (non-hydrogen) atoms. The quantitative estimate of drug-likeness (QED) is 0.474. The van der Waals surface area contributed by atoms with E-state index in [0.717, 1.165) is 0 Å². The molecule has 0 radical (unpaired) electrons. The highest BCUT2D eigenvalue weighted by atomic mass is 35.5. The van der Waals surface area contributed by atoms with Crippen molar-refractivity contribution in [3.8, 4) is 11.5 Å². The van der Waals surface area contributed by atoms with Gasteiger partial charge < -0.3 is 9.47 Å². The molecule has 102 valence electrons. The number of carbonyl (C=O) groups is 1. The molecule has 0 amide bonds. The van der Waals surface area contributed by atoms with Gasteiger partial charge in [-0.25, -0.2) is 0 Å². The van der Waals surface area contributed by atoms with Gasteiger partial charge in [0.25, 0.3) is 0 Å². The van der Waals surface area contributed by atoms with E-state index in [4.69, 9.17) is 21.1 Å². The average Bonchev–Trinajstić information content (AvgIpc) is 2.38. The molecule has 6 heteroatoms. The molecule has 0 fully saturated rings. The number of hydrogen-bond donors (Lipinski definition) is 0. The van der Waals surface area contributed by atoms with E-state index in [0.29, 0.717) is 23.6 Å². The summed E-state index contributed by atoms with van der Waals surface area (Å²) in [6, 6.07) is 3.17. The number of esters is 1. The first kappa shape index (κ1) is 15.2. The fraction of sp³-hybridized carbons (Fsp3) is 0.308. The smallest absolute Gasteiger partial charge is 0.308 e. The van der Waals surface area contributed by atoms with Crippen LogP contribution in [0.25, 0.3) is 0 Å². The number of nitrogens with zero attached hydrogens (tertiary/aromatic N) is 2. The van der Waals surface area contributed by atoms with Crippen LogP contribution in [0.1, 0.15) is 19.4 Å². The van der Waals surface area contributed by atoms with E-state index in [-0.39, 0.29) is 10.9 Å². The molecule has 1 aromatic rings. The van der Waals surface area contributed by atoms with Gasteiger partial charge in [-0.05, 0) is 19.7 Å². The van der Waals surface area contributed by atoms with Gasteiger partial charge in [0.05, 0.1) is 12.3 Å². The van der Waals surface area contributed by atoms with Gasteiger partial charge in [-0.2, -0.15) is 0 Å². The predicted molar refractivity (Wildman–Crippen MR) is 76.4 cm³/mol. The van der Waals surface area contributed by atoms with Gasteiger partial charge in [0.2, 0.25) is 0 Å². The van der Waals surface area contributed by atoms with Crippen LogP contribution in [0, 0.1) is 0 Å². The number of benzene rings is 1. The Morgan fingerprint density at radius 2 is 2.11 bits per heavy atom. The first-order valence-corrected chi connectivity index (χ1v) is 5.99. The third-order valence-corrected chi connectivity index (χ3v) is 2.58. The lowest BCUT2D eigenvalue weighted by atomic mass is 10.1. The highest BCUT2D eigenvalue weighted by molar-refractivity contribution is 6.70. The Hall–Kier alpha value is -1.88. The minimum absolute atomic E-state index is 0.249. The summed E-state index contributed by atoms with van der Waals surface area (Å²) in [5.41, 5.74) is 1.04. The van der Waals surface area contributed by atoms with Crippen LogP contribution in [0.5, 0.6) is 11.5 Å². The topological polar surface area (TPSA) is 60.2 Å². The zero-order chi connectivity index (χ0) is 14.4. The summed E-state index contributed by atoms with van der Waals surface area (Å²) in [6.07, 6.45) is 0. The third-order valence-electron chi connectivity index (χ3n) is 2.20. The van der Waals surface area contributed by atoms with Crippen LogP contribution < -0.4 is 9.47 Å². The molecule has 0 atom stereocenters. The maximum absolute atomic E-state index is 11.1. The molecule has 0 unspecified atom stereocenters. The van der Waals surface area contributed by atoms with E-state index in [1.165, 1.54) is 6.92 Å². The fourth-order valence-electron chi connectivity index (χ4n) is 1.47. The Morgan fingerprint density at radius 1 is 1.42 bits per heavy atom. The van der Waals surface area contributed by atoms with Crippen molar-refractivity contribution in [2.45, 2.75) is 13.8 Å². The lowest BCUT2D eigenvalue weighted by Crippen LogP contribution is -2.05. The largest absolute Gasteiger partial charge is 0.490 e. The second-order valence-electron chi connectivity index (χ2n) is 3.52. The summed E-state index contributed by atoms with van der Waals surface area (Å²) in [7, 11) is 1.55. The van der Waals surface area contributed by atoms with Gasteiger partial charge in [-0.3, -0.25) is 14.8 Å². The molecule has 0 bridgehead atoms. The minimum Gasteiger partial charge on any atom is -0.490 e. The molecule has 0 saturated carbocycles. The Labute approximate surface area is 116 Å². The van der Waals surface area contributed by atoms with Crippen LogP contribution >= 0.6 is 11.6 Å². The Kier molecular flexibility index (Phi) is 5.51. The molecule has 0 spiro atoms. The van der Waals surface area contributed by atoms with Crippen LogP contribution in [-0.2, 0) is 4.79 Å². The zero-order valence-electron chi connectivity index (χ0n) is 11.1. The van der Waals surface area contributed by atoms with E-state index in [1.807, 2.05) is 6.92 Å². The van der Waals surface area contributed by atoms with Gasteiger partial charge >= 0.3 is 5.97 Å². The summed E-state index contributed by atoms with van der Waals surface area (Å²) in [5.74, 6) is 0.235. The molecule has 0 heterocycles. The van der Waals surface area contributed by atoms with Gasteiger partial charge in [-0.15, -0.1) is 0 Å². The standard InChI is InChI=1S/C13H15ClN2O3/c1-5-18-11-7-10(15-3)9(13(14)16-4)6-12(11)19-8(2)17/h6-7H,3,5H2,1-2,4H3. The number of aliphatic imine (C=N–C) groups is 2. The maximum atomic E-state index is 11.1. The highest BCUT2D eigenvalue weighted by Crippen LogP contribution is 2.36. The van der Waals surface area contributed by atoms with E-state index >= 15 is 0 Å². The summed E-state index contributed by atoms with van der Waals surface area (Å²) in [6.45, 7) is 7.04. The summed E-state index contributed by atoms with van der Waals surface area (Å²) in [5, 5.41) is 0.249. The van der Waals surface area contributed by atoms with Crippen LogP contribution in [0.15, 0.2) is 22.1 Å². The molecule has 1 aromatic carbocycles. The molecule has 5 nitrogen and oxygen atoms in total. The summed E-state index contributed by atoms with van der Waals surface area (Å²) < 4.78 is 10.5. The monoisotopic (exact) mass is 282 g/mol. The lowest BCUT2D eigenvalue weighted by Gasteiger charge is -2.13. The molecule has 0 aromatic heterocycles. The highest BCUT2D eigenvalue weighted by Gasteiger charge is 2.15. The Morgan fingerprint density at radius 3 is 2.58 bits per heavy atom. The normalized spacial score (nSPS) is 11.1. The summed E-state index contributed by atoms with van der Waals surface area (Å²) >= 11 is 5.99. The van der Waals surface area contributed by atoms with Gasteiger partial charge in [-0.1, -0.05) is 11.6 Å². The first-order chi connectivity index (χ1) is 9.03. The van der Waals surface area contributed by atoms with E-state index in [2.05, 4.69) is 16.7 Å². The van der Waals surface area contributed by atoms with Crippen LogP contribution in [-0.4, -0.2) is 31.5 Å². The van der Waals surface area contributed by atoms with Crippen molar-refractivity contribution in [2.75, 3.05) is 13.7 Å². The molecule has 0 N–H and O–H groups in total. The van der Waals surface area contributed by atoms with E-state index < -0.39 is 5.97 Å². The van der Waals surface area contributed by atoms with Crippen molar-refractivity contribution in [1.29, 1.82) is 0 Å². The predicted octanol–water partition coefficient (Wildman–Crippen LogP) is 2.96. The van der Waals surface area contributed by atoms with Crippen molar-refractivity contribution < 1.29 is 14.3 Å². The number of ether oxygens (including phenoxy) is 2. The molecule has 0 aliphatic heterocycles. The number of carbonyl (C=O) groups excluding carboxylic acids is 1. The molecule has 0 aliphatic rings. The minimum atomic E-state index is -0.448. The summed E-state index contributed by atoms with van der Waals surface area (Å²) in [4.78, 5) is 18.8. The number of rotatable bonds is 5. The van der Waals surface area contributed by atoms with Crippen molar-refractivity contribution in [2.24, 2.45) is 9.98 Å². The average molecular weight is 283 g/mol. The van der Waals surface area contributed by atoms with Crippen LogP contribution in [0.2, 0.25) is 0 Å². The van der Waals surface area contributed by atoms with Crippen molar-refractivity contribution in [3.63, 3.8) is 0 Å². The van der Waals surface area contributed by atoms with Crippen molar-refractivity contribution in [1.82, 2.24) is 0 Å². The lowest BCUT2D eigenvalue weighted by molar-refractivity contribution is -0.132. The SMILES string of the molecule is C=Nc1cc(OCC)c(OC(C)=O)cc1C(Cl)=NC. The third kappa shape index (κ3) is 3.79. The fourth-order valence-corrected chi connectivity index (χ4v) is 1.62. The first-order valence-electron chi connectivity index (χ1n) is 5.62. The van der Waals surface area contributed by atoms with E-state index in [1.54, 1.807) is 19.2 Å². The number of halogens is 1. The number of hydrogen-bond acceptors (Lipinski definition) is 5. The van der Waals surface area contributed by atoms with Gasteiger partial charge in [0.1, 0.15) is 5.17 Å². The van der Waals surface area contributed by atoms with E-state index in [9.17, 15) is 4.79 Å². The van der Waals surface area contributed by atoms with Crippen LogP contribution in [0.3, 0.4) is 0 Å². The van der Waals surface area contributed by atoms with Gasteiger partial charge in [0, 0.05) is 25.6 Å². The molecule has 0 aliphatic carbocycles. The second kappa shape index (κ2) is 6.89.